The van der Waals surface area contributed by atoms with E-state index in [-0.39, 0.29) is 23.9 Å². The number of carbonyl (C=O) groups excluding carboxylic acids is 2. The van der Waals surface area contributed by atoms with Gasteiger partial charge in [0.05, 0.1) is 19.1 Å². The van der Waals surface area contributed by atoms with Gasteiger partial charge in [0.2, 0.25) is 5.91 Å². The van der Waals surface area contributed by atoms with E-state index in [1.807, 2.05) is 47.4 Å². The first kappa shape index (κ1) is 20.3. The van der Waals surface area contributed by atoms with Gasteiger partial charge in [0.25, 0.3) is 0 Å². The molecule has 1 N–H and O–H groups in total. The average Bonchev–Trinajstić information content (AvgIpc) is 3.29. The predicted molar refractivity (Wildman–Crippen MR) is 116 cm³/mol. The van der Waals surface area contributed by atoms with Gasteiger partial charge in [-0.3, -0.25) is 4.79 Å². The second-order valence-electron chi connectivity index (χ2n) is 8.04. The number of piperidine rings is 1. The maximum Gasteiger partial charge on any atom is 0.321 e. The zero-order valence-corrected chi connectivity index (χ0v) is 17.4. The van der Waals surface area contributed by atoms with E-state index in [0.717, 1.165) is 49.2 Å². The molecule has 2 aromatic rings. The van der Waals surface area contributed by atoms with Crippen molar-refractivity contribution in [3.63, 3.8) is 0 Å². The zero-order valence-electron chi connectivity index (χ0n) is 17.4. The van der Waals surface area contributed by atoms with E-state index in [2.05, 4.69) is 17.4 Å². The Hall–Kier alpha value is -3.02. The molecule has 158 valence electrons. The van der Waals surface area contributed by atoms with Gasteiger partial charge in [-0.2, -0.15) is 0 Å². The van der Waals surface area contributed by atoms with Crippen molar-refractivity contribution >= 4 is 17.6 Å². The number of likely N-dealkylation sites (tertiary alicyclic amines) is 2. The maximum absolute atomic E-state index is 13.4. The highest BCUT2D eigenvalue weighted by Gasteiger charge is 2.36. The van der Waals surface area contributed by atoms with Gasteiger partial charge >= 0.3 is 6.03 Å². The van der Waals surface area contributed by atoms with Gasteiger partial charge in [-0.25, -0.2) is 4.79 Å². The van der Waals surface area contributed by atoms with E-state index in [9.17, 15) is 9.59 Å². The smallest absolute Gasteiger partial charge is 0.321 e. The second-order valence-corrected chi connectivity index (χ2v) is 8.04. The standard InChI is InChI=1S/C24H29N3O3/c1-30-21-13-11-18(12-14-21)22-10-6-16-27(22)23(28)19-7-5-15-26(17-19)24(29)25-20-8-3-2-4-9-20/h2-4,8-9,11-14,19,22H,5-7,10,15-17H2,1H3,(H,25,29). The number of benzene rings is 2. The Morgan fingerprint density at radius 1 is 0.967 bits per heavy atom. The highest BCUT2D eigenvalue weighted by molar-refractivity contribution is 5.90. The molecule has 6 nitrogen and oxygen atoms in total. The minimum atomic E-state index is -0.140. The third-order valence-electron chi connectivity index (χ3n) is 6.12. The van der Waals surface area contributed by atoms with Crippen molar-refractivity contribution in [2.24, 2.45) is 5.92 Å². The first-order valence-corrected chi connectivity index (χ1v) is 10.7. The fraction of sp³-hybridized carbons (Fsp3) is 0.417. The molecule has 2 unspecified atom stereocenters. The van der Waals surface area contributed by atoms with Crippen molar-refractivity contribution in [3.05, 3.63) is 60.2 Å². The highest BCUT2D eigenvalue weighted by atomic mass is 16.5. The van der Waals surface area contributed by atoms with Gasteiger partial charge in [-0.15, -0.1) is 0 Å². The Morgan fingerprint density at radius 2 is 1.70 bits per heavy atom. The number of methoxy groups -OCH3 is 1. The van der Waals surface area contributed by atoms with Gasteiger partial charge in [0, 0.05) is 25.3 Å². The van der Waals surface area contributed by atoms with Crippen LogP contribution in [0.3, 0.4) is 0 Å². The number of nitrogens with one attached hydrogen (secondary N) is 1. The van der Waals surface area contributed by atoms with Crippen LogP contribution in [0.15, 0.2) is 54.6 Å². The van der Waals surface area contributed by atoms with Gasteiger partial charge in [0.1, 0.15) is 5.75 Å². The van der Waals surface area contributed by atoms with E-state index in [0.29, 0.717) is 13.1 Å². The van der Waals surface area contributed by atoms with Crippen molar-refractivity contribution in [1.82, 2.24) is 9.80 Å². The van der Waals surface area contributed by atoms with Gasteiger partial charge in [0.15, 0.2) is 0 Å². The monoisotopic (exact) mass is 407 g/mol. The molecule has 2 heterocycles. The Morgan fingerprint density at radius 3 is 2.43 bits per heavy atom. The van der Waals surface area contributed by atoms with Crippen molar-refractivity contribution in [3.8, 4) is 5.75 Å². The maximum atomic E-state index is 13.4. The van der Waals surface area contributed by atoms with E-state index >= 15 is 0 Å². The number of para-hydroxylation sites is 1. The lowest BCUT2D eigenvalue weighted by atomic mass is 9.95. The lowest BCUT2D eigenvalue weighted by Gasteiger charge is -2.35. The van der Waals surface area contributed by atoms with E-state index in [1.165, 1.54) is 0 Å². The molecule has 2 fully saturated rings. The fourth-order valence-electron chi connectivity index (χ4n) is 4.52. The van der Waals surface area contributed by atoms with Crippen LogP contribution >= 0.6 is 0 Å². The zero-order chi connectivity index (χ0) is 20.9. The summed E-state index contributed by atoms with van der Waals surface area (Å²) in [4.78, 5) is 29.9. The summed E-state index contributed by atoms with van der Waals surface area (Å²) in [7, 11) is 1.66. The molecule has 0 radical (unpaired) electrons. The molecule has 2 aliphatic rings. The summed E-state index contributed by atoms with van der Waals surface area (Å²) in [5, 5.41) is 2.94. The summed E-state index contributed by atoms with van der Waals surface area (Å²) >= 11 is 0. The summed E-state index contributed by atoms with van der Waals surface area (Å²) in [6.45, 7) is 1.94. The molecule has 30 heavy (non-hydrogen) atoms. The number of amides is 3. The van der Waals surface area contributed by atoms with Crippen LogP contribution in [0.4, 0.5) is 10.5 Å². The van der Waals surface area contributed by atoms with Gasteiger partial charge in [-0.1, -0.05) is 30.3 Å². The molecular formula is C24H29N3O3. The molecule has 0 saturated carbocycles. The van der Waals surface area contributed by atoms with Gasteiger partial charge < -0.3 is 19.9 Å². The SMILES string of the molecule is COc1ccc(C2CCCN2C(=O)C2CCCN(C(=O)Nc3ccccc3)C2)cc1. The molecule has 6 heteroatoms. The fourth-order valence-corrected chi connectivity index (χ4v) is 4.52. The molecule has 3 amide bonds. The van der Waals surface area contributed by atoms with Crippen LogP contribution < -0.4 is 10.1 Å². The molecule has 0 aliphatic carbocycles. The van der Waals surface area contributed by atoms with Crippen LogP contribution in [0, 0.1) is 5.92 Å². The predicted octanol–water partition coefficient (Wildman–Crippen LogP) is 4.30. The first-order valence-electron chi connectivity index (χ1n) is 10.7. The number of urea groups is 1. The quantitative estimate of drug-likeness (QED) is 0.822. The lowest BCUT2D eigenvalue weighted by molar-refractivity contribution is -0.137. The molecule has 2 atom stereocenters. The number of nitrogens with zero attached hydrogens (tertiary/aromatic N) is 2. The molecular weight excluding hydrogens is 378 g/mol. The molecule has 4 rings (SSSR count). The third kappa shape index (κ3) is 4.42. The summed E-state index contributed by atoms with van der Waals surface area (Å²) in [5.41, 5.74) is 1.92. The minimum absolute atomic E-state index is 0.108. The van der Waals surface area contributed by atoms with Crippen molar-refractivity contribution in [1.29, 1.82) is 0 Å². The Bertz CT molecular complexity index is 869. The van der Waals surface area contributed by atoms with Crippen molar-refractivity contribution < 1.29 is 14.3 Å². The highest BCUT2D eigenvalue weighted by Crippen LogP contribution is 2.35. The number of anilines is 1. The van der Waals surface area contributed by atoms with Crippen LogP contribution in [0.2, 0.25) is 0 Å². The molecule has 0 aromatic heterocycles. The minimum Gasteiger partial charge on any atom is -0.497 e. The number of carbonyl (C=O) groups is 2. The van der Waals surface area contributed by atoms with Crippen LogP contribution in [-0.4, -0.2) is 48.5 Å². The number of hydrogen-bond acceptors (Lipinski definition) is 3. The number of hydrogen-bond donors (Lipinski definition) is 1. The van der Waals surface area contributed by atoms with Crippen molar-refractivity contribution in [2.45, 2.75) is 31.7 Å². The summed E-state index contributed by atoms with van der Waals surface area (Å²) in [6.07, 6.45) is 3.66. The number of ether oxygens (including phenoxy) is 1. The molecule has 2 aromatic carbocycles. The first-order chi connectivity index (χ1) is 14.7. The Kier molecular flexibility index (Phi) is 6.21. The summed E-state index contributed by atoms with van der Waals surface area (Å²) in [5.74, 6) is 0.853. The Labute approximate surface area is 177 Å². The van der Waals surface area contributed by atoms with Crippen molar-refractivity contribution in [2.75, 3.05) is 32.1 Å². The lowest BCUT2D eigenvalue weighted by Crippen LogP contribution is -2.47. The molecule has 0 spiro atoms. The van der Waals surface area contributed by atoms with Crippen LogP contribution in [-0.2, 0) is 4.79 Å². The van der Waals surface area contributed by atoms with Crippen LogP contribution in [0.1, 0.15) is 37.3 Å². The van der Waals surface area contributed by atoms with Gasteiger partial charge in [-0.05, 0) is 55.5 Å². The van der Waals surface area contributed by atoms with E-state index in [1.54, 1.807) is 12.0 Å². The third-order valence-corrected chi connectivity index (χ3v) is 6.12. The number of rotatable bonds is 4. The normalized spacial score (nSPS) is 21.4. The average molecular weight is 408 g/mol. The second kappa shape index (κ2) is 9.20. The molecule has 2 saturated heterocycles. The summed E-state index contributed by atoms with van der Waals surface area (Å²) < 4.78 is 5.25. The van der Waals surface area contributed by atoms with E-state index < -0.39 is 0 Å². The molecule has 0 bridgehead atoms. The summed E-state index contributed by atoms with van der Waals surface area (Å²) in [6, 6.07) is 17.4. The molecule has 2 aliphatic heterocycles. The Balaban J connectivity index is 1.41. The largest absolute Gasteiger partial charge is 0.497 e. The topological polar surface area (TPSA) is 61.9 Å². The van der Waals surface area contributed by atoms with E-state index in [4.69, 9.17) is 4.74 Å². The van der Waals surface area contributed by atoms with Crippen LogP contribution in [0.25, 0.3) is 0 Å². The van der Waals surface area contributed by atoms with Crippen LogP contribution in [0.5, 0.6) is 5.75 Å².